The molecule has 1 saturated heterocycles. The Morgan fingerprint density at radius 3 is 2.42 bits per heavy atom. The second-order valence-corrected chi connectivity index (χ2v) is 4.32. The van der Waals surface area contributed by atoms with Gasteiger partial charge in [-0.05, 0) is 0 Å². The summed E-state index contributed by atoms with van der Waals surface area (Å²) in [4.78, 5) is 1.98. The summed E-state index contributed by atoms with van der Waals surface area (Å²) in [5.74, 6) is 0. The molecule has 1 aliphatic rings. The molecule has 0 unspecified atom stereocenters. The fourth-order valence-corrected chi connectivity index (χ4v) is 1.79. The third-order valence-electron chi connectivity index (χ3n) is 1.99. The largest absolute Gasteiger partial charge is 0.396 e. The van der Waals surface area contributed by atoms with Crippen LogP contribution in [0.3, 0.4) is 0 Å². The minimum atomic E-state index is -0.892. The molecule has 0 bridgehead atoms. The molecule has 0 radical (unpaired) electrons. The molecule has 0 aromatic carbocycles. The van der Waals surface area contributed by atoms with Gasteiger partial charge in [0.1, 0.15) is 0 Å². The van der Waals surface area contributed by atoms with Crippen molar-refractivity contribution < 1.29 is 5.11 Å². The molecule has 1 fully saturated rings. The predicted molar refractivity (Wildman–Crippen MR) is 50.6 cm³/mol. The van der Waals surface area contributed by atoms with Crippen LogP contribution in [0.2, 0.25) is 0 Å². The normalized spacial score (nSPS) is 21.2. The lowest BCUT2D eigenvalue weighted by Gasteiger charge is -2.36. The van der Waals surface area contributed by atoms with E-state index in [1.54, 1.807) is 0 Å². The van der Waals surface area contributed by atoms with E-state index in [-0.39, 0.29) is 6.61 Å². The van der Waals surface area contributed by atoms with Gasteiger partial charge in [0.2, 0.25) is 0 Å². The number of piperazine rings is 1. The van der Waals surface area contributed by atoms with Crippen LogP contribution in [0.15, 0.2) is 0 Å². The second kappa shape index (κ2) is 4.63. The zero-order valence-corrected chi connectivity index (χ0v) is 8.40. The molecule has 5 heteroatoms. The smallest absolute Gasteiger partial charge is 0.173 e. The van der Waals surface area contributed by atoms with Gasteiger partial charge in [0.25, 0.3) is 0 Å². The highest BCUT2D eigenvalue weighted by molar-refractivity contribution is 6.48. The first kappa shape index (κ1) is 10.5. The first-order valence-corrected chi connectivity index (χ1v) is 4.87. The van der Waals surface area contributed by atoms with Crippen LogP contribution in [0, 0.1) is 0 Å². The summed E-state index contributed by atoms with van der Waals surface area (Å²) in [6.45, 7) is 3.52. The molecule has 0 aliphatic carbocycles. The van der Waals surface area contributed by atoms with Crippen LogP contribution in [-0.2, 0) is 0 Å². The number of hydrogen-bond donors (Lipinski definition) is 2. The molecule has 2 N–H and O–H groups in total. The minimum Gasteiger partial charge on any atom is -0.396 e. The first-order valence-electron chi connectivity index (χ1n) is 4.11. The van der Waals surface area contributed by atoms with Crippen molar-refractivity contribution in [2.24, 2.45) is 0 Å². The highest BCUT2D eigenvalue weighted by atomic mass is 35.5. The van der Waals surface area contributed by atoms with E-state index in [4.69, 9.17) is 28.3 Å². The van der Waals surface area contributed by atoms with Crippen LogP contribution in [0.5, 0.6) is 0 Å². The maximum Gasteiger partial charge on any atom is 0.173 e. The Bertz CT molecular complexity index is 137. The van der Waals surface area contributed by atoms with Crippen LogP contribution < -0.4 is 5.32 Å². The Hall–Kier alpha value is 0.460. The summed E-state index contributed by atoms with van der Waals surface area (Å²) in [5, 5.41) is 11.9. The van der Waals surface area contributed by atoms with Gasteiger partial charge >= 0.3 is 0 Å². The first-order chi connectivity index (χ1) is 5.67. The Kier molecular flexibility index (Phi) is 4.06. The minimum absolute atomic E-state index is 0.0247. The fraction of sp³-hybridized carbons (Fsp3) is 1.00. The number of aliphatic hydroxyl groups excluding tert-OH is 1. The Morgan fingerprint density at radius 1 is 1.33 bits per heavy atom. The van der Waals surface area contributed by atoms with Gasteiger partial charge in [-0.25, -0.2) is 0 Å². The van der Waals surface area contributed by atoms with Crippen LogP contribution in [-0.4, -0.2) is 47.2 Å². The van der Waals surface area contributed by atoms with Crippen molar-refractivity contribution in [3.8, 4) is 0 Å². The number of rotatable bonds is 3. The fourth-order valence-electron chi connectivity index (χ4n) is 1.28. The van der Waals surface area contributed by atoms with E-state index in [1.807, 2.05) is 4.90 Å². The van der Waals surface area contributed by atoms with Crippen LogP contribution in [0.1, 0.15) is 6.42 Å². The lowest BCUT2D eigenvalue weighted by atomic mass is 10.3. The summed E-state index contributed by atoms with van der Waals surface area (Å²) in [5.41, 5.74) is 0. The number of aliphatic hydroxyl groups is 1. The molecule has 1 aliphatic heterocycles. The number of hydrogen-bond acceptors (Lipinski definition) is 3. The maximum absolute atomic E-state index is 8.72. The molecule has 1 rings (SSSR count). The summed E-state index contributed by atoms with van der Waals surface area (Å²) < 4.78 is -0.892. The zero-order chi connectivity index (χ0) is 9.03. The van der Waals surface area contributed by atoms with Crippen molar-refractivity contribution in [2.75, 3.05) is 32.8 Å². The SMILES string of the molecule is OCCC(Cl)(Cl)N1CCNCC1. The molecule has 3 nitrogen and oxygen atoms in total. The van der Waals surface area contributed by atoms with Gasteiger partial charge in [0, 0.05) is 39.2 Å². The molecule has 0 atom stereocenters. The van der Waals surface area contributed by atoms with Gasteiger partial charge in [-0.3, -0.25) is 4.90 Å². The Morgan fingerprint density at radius 2 is 1.92 bits per heavy atom. The molecule has 0 aromatic heterocycles. The molecule has 0 saturated carbocycles. The van der Waals surface area contributed by atoms with E-state index < -0.39 is 4.46 Å². The number of halogens is 2. The molecule has 0 aromatic rings. The number of alkyl halides is 2. The highest BCUT2D eigenvalue weighted by Gasteiger charge is 2.32. The van der Waals surface area contributed by atoms with E-state index in [0.29, 0.717) is 6.42 Å². The van der Waals surface area contributed by atoms with Crippen LogP contribution >= 0.6 is 23.2 Å². The average molecular weight is 213 g/mol. The van der Waals surface area contributed by atoms with Crippen molar-refractivity contribution in [1.82, 2.24) is 10.2 Å². The highest BCUT2D eigenvalue weighted by Crippen LogP contribution is 2.29. The van der Waals surface area contributed by atoms with Crippen molar-refractivity contribution >= 4 is 23.2 Å². The standard InChI is InChI=1S/C7H14Cl2N2O/c8-7(9,1-6-12)11-4-2-10-3-5-11/h10,12H,1-6H2. The van der Waals surface area contributed by atoms with E-state index in [9.17, 15) is 0 Å². The lowest BCUT2D eigenvalue weighted by Crippen LogP contribution is -2.51. The molecule has 0 spiro atoms. The molecule has 0 amide bonds. The average Bonchev–Trinajstić information content (AvgIpc) is 2.06. The quantitative estimate of drug-likeness (QED) is 0.526. The van der Waals surface area contributed by atoms with Gasteiger partial charge in [0.15, 0.2) is 4.46 Å². The third-order valence-corrected chi connectivity index (χ3v) is 2.85. The van der Waals surface area contributed by atoms with E-state index in [2.05, 4.69) is 5.32 Å². The Balaban J connectivity index is 2.41. The Labute approximate surface area is 82.6 Å². The maximum atomic E-state index is 8.72. The van der Waals surface area contributed by atoms with Gasteiger partial charge in [-0.1, -0.05) is 23.2 Å². The molecule has 72 valence electrons. The van der Waals surface area contributed by atoms with E-state index in [1.165, 1.54) is 0 Å². The summed E-state index contributed by atoms with van der Waals surface area (Å²) in [7, 11) is 0. The second-order valence-electron chi connectivity index (χ2n) is 2.88. The molecular formula is C7H14Cl2N2O. The monoisotopic (exact) mass is 212 g/mol. The molecule has 12 heavy (non-hydrogen) atoms. The number of nitrogens with zero attached hydrogens (tertiary/aromatic N) is 1. The van der Waals surface area contributed by atoms with Crippen molar-refractivity contribution in [3.63, 3.8) is 0 Å². The zero-order valence-electron chi connectivity index (χ0n) is 6.89. The van der Waals surface area contributed by atoms with Gasteiger partial charge in [-0.2, -0.15) is 0 Å². The molecule has 1 heterocycles. The van der Waals surface area contributed by atoms with Crippen molar-refractivity contribution in [2.45, 2.75) is 10.9 Å². The van der Waals surface area contributed by atoms with E-state index >= 15 is 0 Å². The third kappa shape index (κ3) is 2.75. The van der Waals surface area contributed by atoms with Gasteiger partial charge < -0.3 is 10.4 Å². The van der Waals surface area contributed by atoms with Crippen molar-refractivity contribution in [3.05, 3.63) is 0 Å². The summed E-state index contributed by atoms with van der Waals surface area (Å²) >= 11 is 12.0. The van der Waals surface area contributed by atoms with Gasteiger partial charge in [-0.15, -0.1) is 0 Å². The van der Waals surface area contributed by atoms with Crippen LogP contribution in [0.25, 0.3) is 0 Å². The summed E-state index contributed by atoms with van der Waals surface area (Å²) in [6.07, 6.45) is 0.399. The summed E-state index contributed by atoms with van der Waals surface area (Å²) in [6, 6.07) is 0. The topological polar surface area (TPSA) is 35.5 Å². The van der Waals surface area contributed by atoms with Crippen molar-refractivity contribution in [1.29, 1.82) is 0 Å². The lowest BCUT2D eigenvalue weighted by molar-refractivity contribution is 0.162. The molecular weight excluding hydrogens is 199 g/mol. The van der Waals surface area contributed by atoms with Crippen LogP contribution in [0.4, 0.5) is 0 Å². The predicted octanol–water partition coefficient (Wildman–Crippen LogP) is 0.405. The van der Waals surface area contributed by atoms with E-state index in [0.717, 1.165) is 26.2 Å². The number of nitrogens with one attached hydrogen (secondary N) is 1. The van der Waals surface area contributed by atoms with Gasteiger partial charge in [0.05, 0.1) is 0 Å².